The van der Waals surface area contributed by atoms with Crippen LogP contribution in [0.25, 0.3) is 0 Å². The Morgan fingerprint density at radius 2 is 2.45 bits per heavy atom. The van der Waals surface area contributed by atoms with Gasteiger partial charge in [0, 0.05) is 6.54 Å². The lowest BCUT2D eigenvalue weighted by Gasteiger charge is -1.95. The highest BCUT2D eigenvalue weighted by Gasteiger charge is 2.01. The molecule has 1 aromatic heterocycles. The van der Waals surface area contributed by atoms with E-state index in [2.05, 4.69) is 22.4 Å². The van der Waals surface area contributed by atoms with Gasteiger partial charge in [0.25, 0.3) is 5.82 Å². The summed E-state index contributed by atoms with van der Waals surface area (Å²) in [6, 6.07) is 1.91. The molecule has 1 rings (SSSR count). The minimum Gasteiger partial charge on any atom is -0.217 e. The highest BCUT2D eigenvalue weighted by molar-refractivity contribution is 5.05. The number of tetrazole rings is 1. The molecule has 5 heteroatoms. The third kappa shape index (κ3) is 1.74. The summed E-state index contributed by atoms with van der Waals surface area (Å²) >= 11 is 0. The fraction of sp³-hybridized carbons (Fsp3) is 0.667. The molecule has 0 unspecified atom stereocenters. The van der Waals surface area contributed by atoms with Gasteiger partial charge in [0.2, 0.25) is 0 Å². The van der Waals surface area contributed by atoms with Gasteiger partial charge in [-0.3, -0.25) is 0 Å². The monoisotopic (exact) mass is 151 g/mol. The third-order valence-electron chi connectivity index (χ3n) is 1.36. The minimum atomic E-state index is 0.290. The van der Waals surface area contributed by atoms with Gasteiger partial charge in [-0.1, -0.05) is 18.4 Å². The Balaban J connectivity index is 2.63. The molecule has 0 radical (unpaired) electrons. The zero-order valence-electron chi connectivity index (χ0n) is 6.36. The molecule has 0 amide bonds. The molecule has 0 aliphatic rings. The van der Waals surface area contributed by atoms with Gasteiger partial charge < -0.3 is 0 Å². The molecule has 0 N–H and O–H groups in total. The maximum absolute atomic E-state index is 8.49. The van der Waals surface area contributed by atoms with Crippen LogP contribution in [0.5, 0.6) is 0 Å². The van der Waals surface area contributed by atoms with Crippen LogP contribution in [0.3, 0.4) is 0 Å². The molecule has 0 saturated carbocycles. The van der Waals surface area contributed by atoms with E-state index < -0.39 is 0 Å². The first kappa shape index (κ1) is 7.66. The van der Waals surface area contributed by atoms with E-state index in [9.17, 15) is 0 Å². The molecule has 0 bridgehead atoms. The fourth-order valence-electron chi connectivity index (χ4n) is 0.743. The van der Waals surface area contributed by atoms with Gasteiger partial charge in [-0.05, 0) is 16.8 Å². The first-order valence-corrected chi connectivity index (χ1v) is 3.54. The SMILES string of the molecule is CCCCn1nnnc1C#N. The molecule has 0 spiro atoms. The van der Waals surface area contributed by atoms with Crippen LogP contribution in [0.2, 0.25) is 0 Å². The van der Waals surface area contributed by atoms with Crippen molar-refractivity contribution in [3.05, 3.63) is 5.82 Å². The van der Waals surface area contributed by atoms with E-state index in [1.807, 2.05) is 6.07 Å². The quantitative estimate of drug-likeness (QED) is 0.624. The molecular weight excluding hydrogens is 142 g/mol. The van der Waals surface area contributed by atoms with E-state index in [1.54, 1.807) is 0 Å². The van der Waals surface area contributed by atoms with Crippen LogP contribution >= 0.6 is 0 Å². The Labute approximate surface area is 64.6 Å². The van der Waals surface area contributed by atoms with Crippen molar-refractivity contribution >= 4 is 0 Å². The van der Waals surface area contributed by atoms with E-state index in [4.69, 9.17) is 5.26 Å². The highest BCUT2D eigenvalue weighted by atomic mass is 15.5. The lowest BCUT2D eigenvalue weighted by molar-refractivity contribution is 0.548. The number of aromatic nitrogens is 4. The summed E-state index contributed by atoms with van der Waals surface area (Å²) in [6.45, 7) is 2.81. The zero-order valence-corrected chi connectivity index (χ0v) is 6.36. The van der Waals surface area contributed by atoms with Crippen LogP contribution in [0, 0.1) is 11.3 Å². The predicted molar refractivity (Wildman–Crippen MR) is 37.4 cm³/mol. The van der Waals surface area contributed by atoms with Gasteiger partial charge in [0.05, 0.1) is 0 Å². The molecular formula is C6H9N5. The largest absolute Gasteiger partial charge is 0.253 e. The first-order valence-electron chi connectivity index (χ1n) is 3.54. The molecule has 1 heterocycles. The summed E-state index contributed by atoms with van der Waals surface area (Å²) in [4.78, 5) is 0. The van der Waals surface area contributed by atoms with E-state index in [0.717, 1.165) is 19.4 Å². The summed E-state index contributed by atoms with van der Waals surface area (Å²) in [5.41, 5.74) is 0. The molecule has 0 aliphatic heterocycles. The van der Waals surface area contributed by atoms with Crippen LogP contribution in [-0.2, 0) is 6.54 Å². The minimum absolute atomic E-state index is 0.290. The van der Waals surface area contributed by atoms with Crippen LogP contribution < -0.4 is 0 Å². The Morgan fingerprint density at radius 3 is 3.09 bits per heavy atom. The van der Waals surface area contributed by atoms with Gasteiger partial charge in [-0.15, -0.1) is 0 Å². The molecule has 5 nitrogen and oxygen atoms in total. The number of aryl methyl sites for hydroxylation is 1. The summed E-state index contributed by atoms with van der Waals surface area (Å²) in [7, 11) is 0. The molecule has 0 aliphatic carbocycles. The lowest BCUT2D eigenvalue weighted by Crippen LogP contribution is -2.02. The van der Waals surface area contributed by atoms with Crippen molar-refractivity contribution in [3.63, 3.8) is 0 Å². The number of hydrogen-bond acceptors (Lipinski definition) is 4. The summed E-state index contributed by atoms with van der Waals surface area (Å²) in [6.07, 6.45) is 2.07. The van der Waals surface area contributed by atoms with Gasteiger partial charge >= 0.3 is 0 Å². The Hall–Kier alpha value is -1.44. The highest BCUT2D eigenvalue weighted by Crippen LogP contribution is 1.94. The molecule has 0 fully saturated rings. The Bertz CT molecular complexity index is 258. The summed E-state index contributed by atoms with van der Waals surface area (Å²) < 4.78 is 1.52. The van der Waals surface area contributed by atoms with Gasteiger partial charge in [0.15, 0.2) is 0 Å². The number of nitriles is 1. The summed E-state index contributed by atoms with van der Waals surface area (Å²) in [5.74, 6) is 0.290. The molecule has 1 aromatic rings. The van der Waals surface area contributed by atoms with Crippen molar-refractivity contribution in [2.75, 3.05) is 0 Å². The van der Waals surface area contributed by atoms with E-state index in [1.165, 1.54) is 4.68 Å². The second-order valence-electron chi connectivity index (χ2n) is 2.19. The number of rotatable bonds is 3. The first-order chi connectivity index (χ1) is 5.38. The number of unbranched alkanes of at least 4 members (excludes halogenated alkanes) is 1. The van der Waals surface area contributed by atoms with Gasteiger partial charge in [0.1, 0.15) is 6.07 Å². The normalized spacial score (nSPS) is 9.45. The fourth-order valence-corrected chi connectivity index (χ4v) is 0.743. The van der Waals surface area contributed by atoms with E-state index >= 15 is 0 Å². The van der Waals surface area contributed by atoms with Crippen molar-refractivity contribution in [1.82, 2.24) is 20.2 Å². The average molecular weight is 151 g/mol. The van der Waals surface area contributed by atoms with Crippen molar-refractivity contribution in [2.45, 2.75) is 26.3 Å². The second-order valence-corrected chi connectivity index (χ2v) is 2.19. The van der Waals surface area contributed by atoms with Crippen molar-refractivity contribution < 1.29 is 0 Å². The smallest absolute Gasteiger partial charge is 0.217 e. The van der Waals surface area contributed by atoms with Gasteiger partial charge in [-0.25, -0.2) is 4.68 Å². The maximum Gasteiger partial charge on any atom is 0.253 e. The van der Waals surface area contributed by atoms with E-state index in [-0.39, 0.29) is 0 Å². The number of nitrogens with zero attached hydrogens (tertiary/aromatic N) is 5. The standard InChI is InChI=1S/C6H9N5/c1-2-3-4-11-6(5-7)8-9-10-11/h2-4H2,1H3. The molecule has 0 aromatic carbocycles. The van der Waals surface area contributed by atoms with Gasteiger partial charge in [-0.2, -0.15) is 5.26 Å². The van der Waals surface area contributed by atoms with Crippen molar-refractivity contribution in [2.24, 2.45) is 0 Å². The molecule has 58 valence electrons. The van der Waals surface area contributed by atoms with Crippen LogP contribution in [0.1, 0.15) is 25.6 Å². The molecule has 0 saturated heterocycles. The maximum atomic E-state index is 8.49. The lowest BCUT2D eigenvalue weighted by atomic mass is 10.3. The third-order valence-corrected chi connectivity index (χ3v) is 1.36. The zero-order chi connectivity index (χ0) is 8.10. The number of hydrogen-bond donors (Lipinski definition) is 0. The van der Waals surface area contributed by atoms with Crippen LogP contribution in [0.4, 0.5) is 0 Å². The van der Waals surface area contributed by atoms with Crippen LogP contribution in [-0.4, -0.2) is 20.2 Å². The van der Waals surface area contributed by atoms with Crippen molar-refractivity contribution in [3.8, 4) is 6.07 Å². The predicted octanol–water partition coefficient (Wildman–Crippen LogP) is 0.345. The Morgan fingerprint density at radius 1 is 1.64 bits per heavy atom. The second kappa shape index (κ2) is 3.66. The van der Waals surface area contributed by atoms with Crippen LogP contribution in [0.15, 0.2) is 0 Å². The topological polar surface area (TPSA) is 67.4 Å². The average Bonchev–Trinajstić information content (AvgIpc) is 2.47. The molecule has 0 atom stereocenters. The Kier molecular flexibility index (Phi) is 2.55. The molecule has 11 heavy (non-hydrogen) atoms. The summed E-state index contributed by atoms with van der Waals surface area (Å²) in [5, 5.41) is 19.1. The van der Waals surface area contributed by atoms with E-state index in [0.29, 0.717) is 5.82 Å². The van der Waals surface area contributed by atoms with Crippen molar-refractivity contribution in [1.29, 1.82) is 5.26 Å².